The van der Waals surface area contributed by atoms with E-state index in [4.69, 9.17) is 4.98 Å². The molecule has 1 aliphatic rings. The summed E-state index contributed by atoms with van der Waals surface area (Å²) in [4.78, 5) is 22.0. The van der Waals surface area contributed by atoms with E-state index in [1.165, 1.54) is 0 Å². The van der Waals surface area contributed by atoms with Gasteiger partial charge >= 0.3 is 0 Å². The van der Waals surface area contributed by atoms with E-state index in [0.29, 0.717) is 24.6 Å². The van der Waals surface area contributed by atoms with Crippen LogP contribution in [0.3, 0.4) is 0 Å². The third-order valence-corrected chi connectivity index (χ3v) is 6.99. The molecule has 11 heteroatoms. The molecule has 6 aromatic rings. The highest BCUT2D eigenvalue weighted by Gasteiger charge is 2.37. The van der Waals surface area contributed by atoms with E-state index < -0.39 is 5.92 Å². The average Bonchev–Trinajstić information content (AvgIpc) is 3.69. The highest BCUT2D eigenvalue weighted by atomic mass is 19.3. The molecule has 1 saturated heterocycles. The van der Waals surface area contributed by atoms with Crippen LogP contribution < -0.4 is 4.57 Å². The summed E-state index contributed by atoms with van der Waals surface area (Å²) in [6.07, 6.45) is 10.8. The predicted molar refractivity (Wildman–Crippen MR) is 138 cm³/mol. The van der Waals surface area contributed by atoms with Crippen LogP contribution in [0.2, 0.25) is 0 Å². The number of imidazole rings is 2. The number of aromatic nitrogens is 8. The number of halogens is 2. The second kappa shape index (κ2) is 8.52. The molecule has 0 amide bonds. The molecule has 5 aromatic heterocycles. The third kappa shape index (κ3) is 4.01. The van der Waals surface area contributed by atoms with Gasteiger partial charge in [-0.15, -0.1) is 0 Å². The van der Waals surface area contributed by atoms with Crippen molar-refractivity contribution in [3.8, 4) is 28.3 Å². The summed E-state index contributed by atoms with van der Waals surface area (Å²) >= 11 is 0. The number of nitrogens with zero attached hydrogens (tertiary/aromatic N) is 6. The summed E-state index contributed by atoms with van der Waals surface area (Å²) in [5.74, 6) is -1.98. The molecular formula is C27H24F2N9+. The van der Waals surface area contributed by atoms with Gasteiger partial charge in [0.2, 0.25) is 6.33 Å². The van der Waals surface area contributed by atoms with E-state index in [0.717, 1.165) is 50.0 Å². The zero-order valence-electron chi connectivity index (χ0n) is 20.5. The molecule has 0 saturated carbocycles. The molecule has 190 valence electrons. The maximum atomic E-state index is 13.6. The first-order valence-electron chi connectivity index (χ1n) is 12.4. The number of fused-ring (bicyclic) bond motifs is 2. The Morgan fingerprint density at radius 1 is 1.05 bits per heavy atom. The van der Waals surface area contributed by atoms with Crippen molar-refractivity contribution in [2.24, 2.45) is 0 Å². The van der Waals surface area contributed by atoms with Gasteiger partial charge in [-0.3, -0.25) is 20.0 Å². The van der Waals surface area contributed by atoms with Crippen molar-refractivity contribution >= 4 is 21.9 Å². The fraction of sp³-hybridized carbons (Fsp3) is 0.222. The number of aromatic amines is 3. The maximum Gasteiger partial charge on any atom is 0.261 e. The van der Waals surface area contributed by atoms with E-state index in [1.54, 1.807) is 29.7 Å². The molecule has 38 heavy (non-hydrogen) atoms. The molecule has 0 spiro atoms. The van der Waals surface area contributed by atoms with Crippen molar-refractivity contribution in [1.82, 2.24) is 40.0 Å². The Balaban J connectivity index is 1.24. The van der Waals surface area contributed by atoms with Crippen LogP contribution in [0.1, 0.15) is 17.7 Å². The molecule has 1 aliphatic heterocycles. The van der Waals surface area contributed by atoms with Crippen LogP contribution in [0.25, 0.3) is 50.3 Å². The van der Waals surface area contributed by atoms with Crippen LogP contribution in [0.15, 0.2) is 61.6 Å². The second-order valence-corrected chi connectivity index (χ2v) is 9.86. The van der Waals surface area contributed by atoms with Crippen molar-refractivity contribution in [3.05, 3.63) is 72.8 Å². The van der Waals surface area contributed by atoms with Crippen molar-refractivity contribution < 1.29 is 13.3 Å². The second-order valence-electron chi connectivity index (χ2n) is 9.86. The molecule has 3 N–H and O–H groups in total. The number of benzene rings is 1. The molecule has 0 atom stereocenters. The molecule has 1 aromatic carbocycles. The average molecular weight is 513 g/mol. The van der Waals surface area contributed by atoms with Gasteiger partial charge in [-0.2, -0.15) is 9.67 Å². The Morgan fingerprint density at radius 3 is 2.76 bits per heavy atom. The number of alkyl halides is 2. The summed E-state index contributed by atoms with van der Waals surface area (Å²) in [5, 5.41) is 8.56. The predicted octanol–water partition coefficient (Wildman–Crippen LogP) is 4.32. The molecule has 6 heterocycles. The van der Waals surface area contributed by atoms with Crippen LogP contribution >= 0.6 is 0 Å². The summed E-state index contributed by atoms with van der Waals surface area (Å²) < 4.78 is 29.2. The minimum absolute atomic E-state index is 0.0943. The number of likely N-dealkylation sites (tertiary alicyclic amines) is 1. The summed E-state index contributed by atoms with van der Waals surface area (Å²) in [5.41, 5.74) is 7.83. The first-order valence-corrected chi connectivity index (χ1v) is 12.4. The zero-order valence-corrected chi connectivity index (χ0v) is 20.5. The van der Waals surface area contributed by atoms with E-state index in [2.05, 4.69) is 36.2 Å². The minimum atomic E-state index is -2.61. The molecule has 0 unspecified atom stereocenters. The van der Waals surface area contributed by atoms with Crippen LogP contribution in [0.4, 0.5) is 8.78 Å². The summed E-state index contributed by atoms with van der Waals surface area (Å²) in [7, 11) is 0. The van der Waals surface area contributed by atoms with Crippen molar-refractivity contribution in [1.29, 1.82) is 0 Å². The topological polar surface area (TPSA) is 106 Å². The fourth-order valence-corrected chi connectivity index (χ4v) is 5.12. The van der Waals surface area contributed by atoms with Crippen molar-refractivity contribution in [3.63, 3.8) is 0 Å². The number of pyridine rings is 2. The number of nitrogens with one attached hydrogen (secondary N) is 3. The van der Waals surface area contributed by atoms with Gasteiger partial charge in [-0.05, 0) is 29.3 Å². The lowest BCUT2D eigenvalue weighted by atomic mass is 10.0. The number of hydrogen-bond acceptors (Lipinski definition) is 5. The number of aryl methyl sites for hydroxylation is 1. The highest BCUT2D eigenvalue weighted by Crippen LogP contribution is 2.32. The van der Waals surface area contributed by atoms with Crippen molar-refractivity contribution in [2.45, 2.75) is 25.8 Å². The van der Waals surface area contributed by atoms with Crippen molar-refractivity contribution in [2.75, 3.05) is 13.1 Å². The Kier molecular flexibility index (Phi) is 5.08. The van der Waals surface area contributed by atoms with E-state index in [9.17, 15) is 8.78 Å². The molecule has 1 fully saturated rings. The zero-order chi connectivity index (χ0) is 25.9. The van der Waals surface area contributed by atoms with Gasteiger partial charge in [-0.1, -0.05) is 6.07 Å². The Labute approximate surface area is 215 Å². The molecular weight excluding hydrogens is 488 g/mol. The monoisotopic (exact) mass is 512 g/mol. The standard InChI is InChI=1S/C27H23F2N9/c1-16-12-38(15-32-16)23-11-31-10-22-25(23)34-26(33-22)24-20-7-18(2-3-21(20)35-36-24)19-6-17(8-30-9-19)13-37-5-4-27(28,29)14-37/h2-3,6-12,15H,4-5,13-14H2,1H3,(H2,31,33,34,35,36)/p+1. The number of rotatable bonds is 5. The van der Waals surface area contributed by atoms with E-state index >= 15 is 0 Å². The van der Waals surface area contributed by atoms with Crippen LogP contribution in [-0.4, -0.2) is 59.0 Å². The molecule has 0 aliphatic carbocycles. The Morgan fingerprint density at radius 2 is 1.95 bits per heavy atom. The van der Waals surface area contributed by atoms with Gasteiger partial charge in [-0.25, -0.2) is 18.7 Å². The number of hydrogen-bond donors (Lipinski definition) is 3. The minimum Gasteiger partial charge on any atom is -0.335 e. The maximum absolute atomic E-state index is 13.6. The van der Waals surface area contributed by atoms with Gasteiger partial charge < -0.3 is 4.98 Å². The lowest BCUT2D eigenvalue weighted by Gasteiger charge is -2.15. The van der Waals surface area contributed by atoms with E-state index in [-0.39, 0.29) is 13.0 Å². The normalized spacial score (nSPS) is 15.7. The quantitative estimate of drug-likeness (QED) is 0.299. The third-order valence-electron chi connectivity index (χ3n) is 6.99. The fourth-order valence-electron chi connectivity index (χ4n) is 5.12. The van der Waals surface area contributed by atoms with Gasteiger partial charge in [0.1, 0.15) is 23.1 Å². The smallest absolute Gasteiger partial charge is 0.261 e. The molecule has 0 radical (unpaired) electrons. The SMILES string of the molecule is Cc1c[n+](-c2cncc3[nH]c(-c4n[nH]c5ccc(-c6cncc(CN7CCC(F)(F)C7)c6)cc45)nc23)c[nH]1. The summed E-state index contributed by atoms with van der Waals surface area (Å²) in [6, 6.07) is 8.04. The lowest BCUT2D eigenvalue weighted by molar-refractivity contribution is -0.593. The van der Waals surface area contributed by atoms with Crippen LogP contribution in [0.5, 0.6) is 0 Å². The van der Waals surface area contributed by atoms with Crippen LogP contribution in [0, 0.1) is 6.92 Å². The Hall–Kier alpha value is -4.51. The first-order chi connectivity index (χ1) is 18.4. The largest absolute Gasteiger partial charge is 0.335 e. The molecule has 7 rings (SSSR count). The van der Waals surface area contributed by atoms with Gasteiger partial charge in [0, 0.05) is 49.8 Å². The molecule has 0 bridgehead atoms. The highest BCUT2D eigenvalue weighted by molar-refractivity contribution is 5.96. The van der Waals surface area contributed by atoms with Gasteiger partial charge in [0.25, 0.3) is 5.92 Å². The lowest BCUT2D eigenvalue weighted by Crippen LogP contribution is -2.27. The Bertz CT molecular complexity index is 1800. The number of H-pyrrole nitrogens is 3. The van der Waals surface area contributed by atoms with Crippen LogP contribution in [-0.2, 0) is 6.54 Å². The van der Waals surface area contributed by atoms with E-state index in [1.807, 2.05) is 42.2 Å². The van der Waals surface area contributed by atoms with Gasteiger partial charge in [0.05, 0.1) is 30.0 Å². The first kappa shape index (κ1) is 22.7. The molecule has 9 nitrogen and oxygen atoms in total. The van der Waals surface area contributed by atoms with Gasteiger partial charge in [0.15, 0.2) is 11.5 Å². The summed E-state index contributed by atoms with van der Waals surface area (Å²) in [6.45, 7) is 2.62.